The van der Waals surface area contributed by atoms with Gasteiger partial charge in [0.2, 0.25) is 7.37 Å². The van der Waals surface area contributed by atoms with Crippen LogP contribution in [0.1, 0.15) is 0 Å². The van der Waals surface area contributed by atoms with E-state index in [2.05, 4.69) is 0 Å². The number of thioether (sulfide) groups is 2. The van der Waals surface area contributed by atoms with Gasteiger partial charge in [-0.15, -0.1) is 23.5 Å². The van der Waals surface area contributed by atoms with Crippen molar-refractivity contribution < 1.29 is 29.3 Å². The Balaban J connectivity index is 1.97. The molecule has 0 aromatic heterocycles. The average molecular weight is 356 g/mol. The number of hydrogen-bond acceptors (Lipinski definition) is 7. The van der Waals surface area contributed by atoms with E-state index < -0.39 is 31.4 Å². The minimum absolute atomic E-state index is 0.218. The Bertz CT molecular complexity index is 440. The van der Waals surface area contributed by atoms with Gasteiger partial charge in [0.1, 0.15) is 12.1 Å². The highest BCUT2D eigenvalue weighted by molar-refractivity contribution is 7.99. The van der Waals surface area contributed by atoms with Gasteiger partial charge < -0.3 is 15.1 Å². The van der Waals surface area contributed by atoms with Crippen LogP contribution in [0.25, 0.3) is 0 Å². The summed E-state index contributed by atoms with van der Waals surface area (Å²) in [5.74, 6) is -0.406. The van der Waals surface area contributed by atoms with Crippen molar-refractivity contribution in [3.63, 3.8) is 0 Å². The maximum Gasteiger partial charge on any atom is 0.321 e. The fourth-order valence-corrected chi connectivity index (χ4v) is 6.77. The summed E-state index contributed by atoms with van der Waals surface area (Å²) in [6.45, 7) is 0. The summed E-state index contributed by atoms with van der Waals surface area (Å²) < 4.78 is 12.3. The molecule has 8 nitrogen and oxygen atoms in total. The van der Waals surface area contributed by atoms with Crippen LogP contribution in [-0.2, 0) is 14.2 Å². The lowest BCUT2D eigenvalue weighted by Gasteiger charge is -2.27. The molecule has 0 amide bonds. The average Bonchev–Trinajstić information content (AvgIpc) is 2.96. The van der Waals surface area contributed by atoms with E-state index in [1.807, 2.05) is 0 Å². The number of aliphatic carboxylic acids is 2. The van der Waals surface area contributed by atoms with Gasteiger partial charge in [0.25, 0.3) is 0 Å². The van der Waals surface area contributed by atoms with Crippen LogP contribution >= 0.6 is 30.9 Å². The summed E-state index contributed by atoms with van der Waals surface area (Å²) in [6.07, 6.45) is -0.436. The normalized spacial score (nSPS) is 28.0. The molecule has 21 heavy (non-hydrogen) atoms. The van der Waals surface area contributed by atoms with Gasteiger partial charge in [0.15, 0.2) is 0 Å². The smallest absolute Gasteiger partial charge is 0.321 e. The number of carboxylic acid groups (broad SMARTS) is 2. The summed E-state index contributed by atoms with van der Waals surface area (Å²) in [7, 11) is -3.65. The van der Waals surface area contributed by atoms with E-state index in [1.54, 1.807) is 0 Å². The van der Waals surface area contributed by atoms with Crippen molar-refractivity contribution in [2.24, 2.45) is 0 Å². The van der Waals surface area contributed by atoms with Crippen molar-refractivity contribution >= 4 is 42.8 Å². The van der Waals surface area contributed by atoms with Crippen LogP contribution in [0.2, 0.25) is 0 Å². The highest BCUT2D eigenvalue weighted by Gasteiger charge is 2.39. The number of rotatable bonds is 6. The van der Waals surface area contributed by atoms with Crippen LogP contribution in [0, 0.1) is 0 Å². The van der Waals surface area contributed by atoms with Crippen LogP contribution in [0.15, 0.2) is 0 Å². The van der Waals surface area contributed by atoms with Gasteiger partial charge in [0, 0.05) is 23.3 Å². The predicted octanol–water partition coefficient (Wildman–Crippen LogP) is 0.0908. The summed E-state index contributed by atoms with van der Waals surface area (Å²) >= 11 is 2.82. The van der Waals surface area contributed by atoms with Gasteiger partial charge >= 0.3 is 11.9 Å². The molecule has 0 spiro atoms. The van der Waals surface area contributed by atoms with Crippen LogP contribution in [-0.4, -0.2) is 84.8 Å². The third-order valence-electron chi connectivity index (χ3n) is 3.32. The molecule has 0 radical (unpaired) electrons. The first-order valence-electron chi connectivity index (χ1n) is 6.20. The second-order valence-electron chi connectivity index (χ2n) is 5.01. The Morgan fingerprint density at radius 1 is 1.00 bits per heavy atom. The molecule has 120 valence electrons. The number of carboxylic acids is 2. The zero-order chi connectivity index (χ0) is 15.6. The first-order valence-corrected chi connectivity index (χ1v) is 10.5. The first kappa shape index (κ1) is 17.1. The topological polar surface area (TPSA) is 118 Å². The molecule has 2 rings (SSSR count). The van der Waals surface area contributed by atoms with E-state index >= 15 is 0 Å². The van der Waals surface area contributed by atoms with Crippen molar-refractivity contribution in [2.75, 3.05) is 35.8 Å². The molecule has 2 aliphatic rings. The van der Waals surface area contributed by atoms with Gasteiger partial charge in [-0.05, 0) is 0 Å². The van der Waals surface area contributed by atoms with Crippen molar-refractivity contribution in [2.45, 2.75) is 12.1 Å². The van der Waals surface area contributed by atoms with Gasteiger partial charge in [-0.25, -0.2) is 0 Å². The lowest BCUT2D eigenvalue weighted by Crippen LogP contribution is -2.41. The maximum atomic E-state index is 12.3. The van der Waals surface area contributed by atoms with E-state index in [0.717, 1.165) is 0 Å². The molecular weight excluding hydrogens is 339 g/mol. The molecule has 11 heteroatoms. The lowest BCUT2D eigenvalue weighted by atomic mass is 10.3. The monoisotopic (exact) mass is 356 g/mol. The van der Waals surface area contributed by atoms with Gasteiger partial charge in [-0.2, -0.15) is 0 Å². The second-order valence-corrected chi connectivity index (χ2v) is 9.27. The molecule has 2 aliphatic heterocycles. The lowest BCUT2D eigenvalue weighted by molar-refractivity contribution is -0.142. The summed E-state index contributed by atoms with van der Waals surface area (Å²) in [6, 6.07) is -1.50. The minimum atomic E-state index is -3.65. The van der Waals surface area contributed by atoms with Gasteiger partial charge in [-0.3, -0.25) is 24.0 Å². The van der Waals surface area contributed by atoms with Crippen LogP contribution in [0.3, 0.4) is 0 Å². The summed E-state index contributed by atoms with van der Waals surface area (Å²) in [5.41, 5.74) is 0. The van der Waals surface area contributed by atoms with Crippen LogP contribution in [0.5, 0.6) is 0 Å². The minimum Gasteiger partial charge on any atom is -0.480 e. The molecule has 0 aromatic carbocycles. The van der Waals surface area contributed by atoms with E-state index in [1.165, 1.54) is 33.3 Å². The van der Waals surface area contributed by atoms with E-state index in [4.69, 9.17) is 10.2 Å². The molecular formula is C10H17N2O6PS2. The molecule has 2 saturated heterocycles. The fraction of sp³-hybridized carbons (Fsp3) is 0.800. The molecule has 0 saturated carbocycles. The zero-order valence-corrected chi connectivity index (χ0v) is 13.6. The third-order valence-corrected chi connectivity index (χ3v) is 7.06. The maximum absolute atomic E-state index is 12.3. The molecule has 0 aromatic rings. The summed E-state index contributed by atoms with van der Waals surface area (Å²) in [5, 5.41) is 18.1. The Labute approximate surface area is 130 Å². The number of nitrogens with zero attached hydrogens (tertiary/aromatic N) is 2. The van der Waals surface area contributed by atoms with Crippen molar-refractivity contribution in [3.05, 3.63) is 0 Å². The van der Waals surface area contributed by atoms with E-state index in [0.29, 0.717) is 23.3 Å². The van der Waals surface area contributed by atoms with Gasteiger partial charge in [0.05, 0.1) is 12.6 Å². The molecule has 0 unspecified atom stereocenters. The SMILES string of the molecule is O=C(O)[C@H]1CSCN1CP(=O)(O)CN1CSC[C@@H]1C(=O)O. The van der Waals surface area contributed by atoms with E-state index in [9.17, 15) is 19.0 Å². The molecule has 0 aliphatic carbocycles. The van der Waals surface area contributed by atoms with E-state index in [-0.39, 0.29) is 12.6 Å². The molecule has 3 N–H and O–H groups in total. The molecule has 0 bridgehead atoms. The van der Waals surface area contributed by atoms with Crippen LogP contribution < -0.4 is 0 Å². The largest absolute Gasteiger partial charge is 0.480 e. The Kier molecular flexibility index (Phi) is 5.61. The Morgan fingerprint density at radius 3 is 1.71 bits per heavy atom. The second kappa shape index (κ2) is 6.89. The molecule has 2 heterocycles. The third kappa shape index (κ3) is 4.37. The number of hydrogen-bond donors (Lipinski definition) is 3. The highest BCUT2D eigenvalue weighted by Crippen LogP contribution is 2.45. The van der Waals surface area contributed by atoms with Gasteiger partial charge in [-0.1, -0.05) is 0 Å². The molecule has 2 atom stereocenters. The van der Waals surface area contributed by atoms with Crippen LogP contribution in [0.4, 0.5) is 0 Å². The number of carbonyl (C=O) groups is 2. The standard InChI is InChI=1S/C10H17N2O6PS2/c13-9(14)7-1-20-5-11(7)3-19(17,18)4-12-6-21-2-8(12)10(15)16/h7-8H,1-6H2,(H,13,14)(H,15,16)(H,17,18)/t7-,8-/m1/s1. The predicted molar refractivity (Wildman–Crippen MR) is 80.7 cm³/mol. The molecule has 2 fully saturated rings. The summed E-state index contributed by atoms with van der Waals surface area (Å²) in [4.78, 5) is 35.2. The quantitative estimate of drug-likeness (QED) is 0.565. The zero-order valence-electron chi connectivity index (χ0n) is 11.1. The first-order chi connectivity index (χ1) is 9.80. The Hall–Kier alpha value is -0.250. The highest BCUT2D eigenvalue weighted by atomic mass is 32.2. The van der Waals surface area contributed by atoms with Crippen molar-refractivity contribution in [3.8, 4) is 0 Å². The van der Waals surface area contributed by atoms with Crippen molar-refractivity contribution in [1.29, 1.82) is 0 Å². The fourth-order valence-electron chi connectivity index (χ4n) is 2.30. The van der Waals surface area contributed by atoms with Crippen molar-refractivity contribution in [1.82, 2.24) is 9.80 Å². The Morgan fingerprint density at radius 2 is 1.38 bits per heavy atom.